The van der Waals surface area contributed by atoms with E-state index < -0.39 is 5.91 Å². The van der Waals surface area contributed by atoms with Crippen molar-refractivity contribution in [3.63, 3.8) is 0 Å². The number of aryl methyl sites for hydroxylation is 1. The summed E-state index contributed by atoms with van der Waals surface area (Å²) >= 11 is 8.50. The van der Waals surface area contributed by atoms with E-state index in [0.29, 0.717) is 26.6 Å². The number of benzene rings is 1. The quantitative estimate of drug-likeness (QED) is 0.381. The molecule has 0 aliphatic heterocycles. The lowest BCUT2D eigenvalue weighted by molar-refractivity contribution is -0.113. The molecule has 11 heteroatoms. The van der Waals surface area contributed by atoms with Crippen LogP contribution in [0.2, 0.25) is 5.02 Å². The van der Waals surface area contributed by atoms with Crippen molar-refractivity contribution in [2.45, 2.75) is 30.8 Å². The van der Waals surface area contributed by atoms with Gasteiger partial charge in [0.05, 0.1) is 11.3 Å². The molecule has 2 heterocycles. The molecule has 4 rings (SSSR count). The van der Waals surface area contributed by atoms with Gasteiger partial charge >= 0.3 is 0 Å². The summed E-state index contributed by atoms with van der Waals surface area (Å²) < 4.78 is 1.33. The Hall–Kier alpha value is -2.56. The van der Waals surface area contributed by atoms with Crippen molar-refractivity contribution in [2.24, 2.45) is 5.73 Å². The molecule has 0 atom stereocenters. The number of thiophene rings is 1. The number of carbonyl (C=O) groups excluding carboxylic acids is 2. The number of aromatic nitrogens is 3. The van der Waals surface area contributed by atoms with Crippen molar-refractivity contribution in [1.29, 1.82) is 0 Å². The number of hydrogen-bond donors (Lipinski definition) is 3. The molecule has 0 unspecified atom stereocenters. The molecule has 1 aliphatic carbocycles. The van der Waals surface area contributed by atoms with Gasteiger partial charge in [-0.05, 0) is 55.5 Å². The van der Waals surface area contributed by atoms with Crippen molar-refractivity contribution >= 4 is 51.5 Å². The first-order valence-electron chi connectivity index (χ1n) is 9.27. The molecule has 5 N–H and O–H groups in total. The Morgan fingerprint density at radius 2 is 1.93 bits per heavy atom. The maximum atomic E-state index is 12.5. The van der Waals surface area contributed by atoms with Gasteiger partial charge in [0.15, 0.2) is 5.82 Å². The normalized spacial score (nSPS) is 13.1. The number of halogens is 1. The number of nitrogens with zero attached hydrogens (tertiary/aromatic N) is 3. The minimum absolute atomic E-state index is 0.0662. The van der Waals surface area contributed by atoms with Crippen LogP contribution >= 0.6 is 34.7 Å². The Bertz CT molecular complexity index is 1110. The van der Waals surface area contributed by atoms with Gasteiger partial charge in [-0.3, -0.25) is 9.59 Å². The zero-order valence-corrected chi connectivity index (χ0v) is 18.2. The van der Waals surface area contributed by atoms with Gasteiger partial charge in [0.2, 0.25) is 11.1 Å². The van der Waals surface area contributed by atoms with Gasteiger partial charge in [0, 0.05) is 15.5 Å². The molecule has 1 aliphatic rings. The number of fused-ring (bicyclic) bond motifs is 1. The van der Waals surface area contributed by atoms with Crippen LogP contribution in [0.15, 0.2) is 29.4 Å². The largest absolute Gasteiger partial charge is 0.365 e. The van der Waals surface area contributed by atoms with E-state index in [0.717, 1.165) is 53.4 Å². The van der Waals surface area contributed by atoms with E-state index in [1.165, 1.54) is 16.0 Å². The smallest absolute Gasteiger partial charge is 0.251 e. The standard InChI is InChI=1S/C19H19ClN6O2S2/c20-11-7-5-10(6-8-11)17-24-25-19(26(17)22)29-9-14(27)23-18-15(16(21)28)12-3-1-2-4-13(12)30-18/h5-8H,1-4,9,22H2,(H2,21,28)(H,23,27). The molecule has 1 aromatic carbocycles. The highest BCUT2D eigenvalue weighted by Crippen LogP contribution is 2.38. The van der Waals surface area contributed by atoms with Crippen molar-refractivity contribution in [2.75, 3.05) is 16.9 Å². The molecule has 3 aromatic rings. The predicted molar refractivity (Wildman–Crippen MR) is 119 cm³/mol. The minimum atomic E-state index is -0.508. The van der Waals surface area contributed by atoms with Crippen molar-refractivity contribution < 1.29 is 9.59 Å². The van der Waals surface area contributed by atoms with Crippen molar-refractivity contribution in [1.82, 2.24) is 14.9 Å². The molecule has 2 amide bonds. The van der Waals surface area contributed by atoms with E-state index in [-0.39, 0.29) is 11.7 Å². The first-order chi connectivity index (χ1) is 14.4. The number of primary amides is 1. The lowest BCUT2D eigenvalue weighted by Crippen LogP contribution is -2.20. The van der Waals surface area contributed by atoms with Crippen LogP contribution in [-0.4, -0.2) is 32.4 Å². The molecule has 0 spiro atoms. The second-order valence-corrected chi connectivity index (χ2v) is 9.28. The van der Waals surface area contributed by atoms with Crippen LogP contribution in [0.3, 0.4) is 0 Å². The predicted octanol–water partition coefficient (Wildman–Crippen LogP) is 3.08. The highest BCUT2D eigenvalue weighted by Gasteiger charge is 2.25. The third kappa shape index (κ3) is 4.16. The SMILES string of the molecule is NC(=O)c1c(NC(=O)CSc2nnc(-c3ccc(Cl)cc3)n2N)sc2c1CCCC2. The molecule has 30 heavy (non-hydrogen) atoms. The molecule has 156 valence electrons. The molecule has 0 bridgehead atoms. The monoisotopic (exact) mass is 462 g/mol. The van der Waals surface area contributed by atoms with E-state index in [9.17, 15) is 9.59 Å². The second-order valence-electron chi connectivity index (χ2n) is 6.80. The first kappa shape index (κ1) is 20.7. The van der Waals surface area contributed by atoms with Crippen LogP contribution in [0, 0.1) is 0 Å². The Labute approximate surface area is 186 Å². The van der Waals surface area contributed by atoms with Gasteiger partial charge in [-0.1, -0.05) is 23.4 Å². The maximum absolute atomic E-state index is 12.5. The Kier molecular flexibility index (Phi) is 5.98. The number of hydrogen-bond acceptors (Lipinski definition) is 7. The van der Waals surface area contributed by atoms with E-state index in [1.54, 1.807) is 24.3 Å². The topological polar surface area (TPSA) is 129 Å². The summed E-state index contributed by atoms with van der Waals surface area (Å²) in [6, 6.07) is 7.06. The molecular weight excluding hydrogens is 444 g/mol. The molecular formula is C19H19ClN6O2S2. The Morgan fingerprint density at radius 1 is 1.20 bits per heavy atom. The van der Waals surface area contributed by atoms with Gasteiger partial charge in [-0.15, -0.1) is 21.5 Å². The number of thioether (sulfide) groups is 1. The van der Waals surface area contributed by atoms with E-state index >= 15 is 0 Å². The third-order valence-electron chi connectivity index (χ3n) is 4.77. The fraction of sp³-hybridized carbons (Fsp3) is 0.263. The number of anilines is 1. The first-order valence-corrected chi connectivity index (χ1v) is 11.5. The molecule has 0 saturated heterocycles. The third-order valence-corrected chi connectivity index (χ3v) is 7.17. The zero-order valence-electron chi connectivity index (χ0n) is 15.9. The average molecular weight is 463 g/mol. The van der Waals surface area contributed by atoms with Gasteiger partial charge in [-0.25, -0.2) is 4.68 Å². The number of nitrogen functional groups attached to an aromatic ring is 1. The van der Waals surface area contributed by atoms with E-state index in [2.05, 4.69) is 15.5 Å². The Balaban J connectivity index is 1.44. The number of rotatable bonds is 6. The molecule has 0 fully saturated rings. The van der Waals surface area contributed by atoms with Crippen LogP contribution < -0.4 is 16.9 Å². The van der Waals surface area contributed by atoms with Crippen molar-refractivity contribution in [3.8, 4) is 11.4 Å². The number of amides is 2. The molecule has 2 aromatic heterocycles. The summed E-state index contributed by atoms with van der Waals surface area (Å²) in [6.45, 7) is 0. The molecule has 8 nitrogen and oxygen atoms in total. The van der Waals surface area contributed by atoms with Crippen molar-refractivity contribution in [3.05, 3.63) is 45.3 Å². The summed E-state index contributed by atoms with van der Waals surface area (Å²) in [5.41, 5.74) is 7.77. The lowest BCUT2D eigenvalue weighted by Gasteiger charge is -2.11. The van der Waals surface area contributed by atoms with Crippen LogP contribution in [0.25, 0.3) is 11.4 Å². The van der Waals surface area contributed by atoms with Gasteiger partial charge in [-0.2, -0.15) is 0 Å². The Morgan fingerprint density at radius 3 is 2.67 bits per heavy atom. The summed E-state index contributed by atoms with van der Waals surface area (Å²) in [7, 11) is 0. The van der Waals surface area contributed by atoms with Crippen LogP contribution in [0.5, 0.6) is 0 Å². The number of carbonyl (C=O) groups is 2. The van der Waals surface area contributed by atoms with Gasteiger partial charge in [0.1, 0.15) is 5.00 Å². The number of nitrogens with one attached hydrogen (secondary N) is 1. The van der Waals surface area contributed by atoms with Crippen LogP contribution in [0.4, 0.5) is 5.00 Å². The number of nitrogens with two attached hydrogens (primary N) is 2. The van der Waals surface area contributed by atoms with Gasteiger partial charge < -0.3 is 16.9 Å². The summed E-state index contributed by atoms with van der Waals surface area (Å²) in [5.74, 6) is 5.85. The molecule has 0 radical (unpaired) electrons. The van der Waals surface area contributed by atoms with E-state index in [1.807, 2.05) is 0 Å². The fourth-order valence-corrected chi connectivity index (χ4v) is 5.47. The summed E-state index contributed by atoms with van der Waals surface area (Å²) in [5, 5.41) is 12.5. The average Bonchev–Trinajstić information content (AvgIpc) is 3.27. The second kappa shape index (κ2) is 8.66. The van der Waals surface area contributed by atoms with Crippen LogP contribution in [-0.2, 0) is 17.6 Å². The lowest BCUT2D eigenvalue weighted by atomic mass is 9.95. The summed E-state index contributed by atoms with van der Waals surface area (Å²) in [6.07, 6.45) is 3.83. The van der Waals surface area contributed by atoms with E-state index in [4.69, 9.17) is 23.2 Å². The highest BCUT2D eigenvalue weighted by molar-refractivity contribution is 7.99. The maximum Gasteiger partial charge on any atom is 0.251 e. The fourth-order valence-electron chi connectivity index (χ4n) is 3.38. The minimum Gasteiger partial charge on any atom is -0.365 e. The summed E-state index contributed by atoms with van der Waals surface area (Å²) in [4.78, 5) is 25.6. The van der Waals surface area contributed by atoms with Gasteiger partial charge in [0.25, 0.3) is 5.91 Å². The zero-order chi connectivity index (χ0) is 21.3. The molecule has 0 saturated carbocycles. The van der Waals surface area contributed by atoms with Crippen LogP contribution in [0.1, 0.15) is 33.6 Å². The highest BCUT2D eigenvalue weighted by atomic mass is 35.5.